The van der Waals surface area contributed by atoms with Gasteiger partial charge in [-0.05, 0) is 61.9 Å². The Morgan fingerprint density at radius 3 is 2.47 bits per heavy atom. The molecular formula is C20H17FN4O3S2. The average Bonchev–Trinajstić information content (AvgIpc) is 3.34. The summed E-state index contributed by atoms with van der Waals surface area (Å²) in [5.74, 6) is -1.18. The topological polar surface area (TPSA) is 93.1 Å². The number of hydrazine groups is 1. The second-order valence-corrected chi connectivity index (χ2v) is 9.33. The van der Waals surface area contributed by atoms with E-state index in [4.69, 9.17) is 0 Å². The summed E-state index contributed by atoms with van der Waals surface area (Å²) in [6.45, 7) is 3.81. The Balaban J connectivity index is 1.71. The molecule has 3 heterocycles. The highest BCUT2D eigenvalue weighted by atomic mass is 32.2. The van der Waals surface area contributed by atoms with Gasteiger partial charge in [-0.25, -0.2) is 17.8 Å². The summed E-state index contributed by atoms with van der Waals surface area (Å²) in [5.41, 5.74) is 4.66. The van der Waals surface area contributed by atoms with Crippen LogP contribution < -0.4 is 10.3 Å². The van der Waals surface area contributed by atoms with E-state index >= 15 is 0 Å². The molecule has 0 aliphatic heterocycles. The van der Waals surface area contributed by atoms with Crippen LogP contribution in [0.5, 0.6) is 0 Å². The van der Waals surface area contributed by atoms with E-state index in [1.165, 1.54) is 11.3 Å². The number of carbonyl (C=O) groups excluding carboxylic acids is 1. The summed E-state index contributed by atoms with van der Waals surface area (Å²) in [5, 5.41) is 0.827. The number of thiophene rings is 1. The van der Waals surface area contributed by atoms with Crippen molar-refractivity contribution >= 4 is 37.5 Å². The number of fused-ring (bicyclic) bond motifs is 1. The molecular weight excluding hydrogens is 427 g/mol. The number of pyridine rings is 1. The van der Waals surface area contributed by atoms with Crippen LogP contribution in [0.3, 0.4) is 0 Å². The first kappa shape index (κ1) is 20.2. The quantitative estimate of drug-likeness (QED) is 0.461. The molecule has 0 atom stereocenters. The third-order valence-corrected chi connectivity index (χ3v) is 6.79. The van der Waals surface area contributed by atoms with Crippen molar-refractivity contribution < 1.29 is 17.6 Å². The predicted molar refractivity (Wildman–Crippen MR) is 113 cm³/mol. The van der Waals surface area contributed by atoms with E-state index in [9.17, 15) is 17.6 Å². The Kier molecular flexibility index (Phi) is 5.14. The summed E-state index contributed by atoms with van der Waals surface area (Å²) < 4.78 is 39.7. The molecule has 30 heavy (non-hydrogen) atoms. The SMILES string of the molecule is Cc1cc(C)c2c(-n3cccc3)c(C(=O)NNS(=O)(=O)c3ccc(F)cc3)sc2n1. The number of carbonyl (C=O) groups is 1. The molecule has 0 fully saturated rings. The molecule has 0 spiro atoms. The second-order valence-electron chi connectivity index (χ2n) is 6.64. The molecule has 0 bridgehead atoms. The number of aryl methyl sites for hydroxylation is 2. The van der Waals surface area contributed by atoms with Gasteiger partial charge in [0.25, 0.3) is 15.9 Å². The molecule has 4 rings (SSSR count). The lowest BCUT2D eigenvalue weighted by Gasteiger charge is -2.10. The number of hydrogen-bond acceptors (Lipinski definition) is 5. The van der Waals surface area contributed by atoms with E-state index < -0.39 is 21.7 Å². The van der Waals surface area contributed by atoms with Crippen LogP contribution in [-0.2, 0) is 10.0 Å². The Bertz CT molecular complexity index is 1350. The molecule has 4 aromatic rings. The molecule has 0 saturated heterocycles. The minimum absolute atomic E-state index is 0.167. The highest BCUT2D eigenvalue weighted by Crippen LogP contribution is 2.35. The zero-order valence-corrected chi connectivity index (χ0v) is 17.6. The first-order valence-electron chi connectivity index (χ1n) is 8.88. The van der Waals surface area contributed by atoms with Gasteiger partial charge in [0.1, 0.15) is 15.5 Å². The lowest BCUT2D eigenvalue weighted by Crippen LogP contribution is -2.41. The van der Waals surface area contributed by atoms with E-state index in [1.807, 2.05) is 32.0 Å². The zero-order valence-electron chi connectivity index (χ0n) is 16.0. The molecule has 154 valence electrons. The third-order valence-electron chi connectivity index (χ3n) is 4.45. The number of sulfonamides is 1. The standard InChI is InChI=1S/C20H17FN4O3S2/c1-12-11-13(2)22-20-16(12)17(25-9-3-4-10-25)18(29-20)19(26)23-24-30(27,28)15-7-5-14(21)6-8-15/h3-11,24H,1-2H3,(H,23,26). The molecule has 0 saturated carbocycles. The molecule has 10 heteroatoms. The Hall–Kier alpha value is -3.08. The summed E-state index contributed by atoms with van der Waals surface area (Å²) in [4.78, 5) is 20.3. The number of rotatable bonds is 5. The van der Waals surface area contributed by atoms with Gasteiger partial charge in [-0.1, -0.05) is 0 Å². The van der Waals surface area contributed by atoms with Crippen LogP contribution >= 0.6 is 11.3 Å². The van der Waals surface area contributed by atoms with Gasteiger partial charge < -0.3 is 4.57 Å². The first-order chi connectivity index (χ1) is 14.3. The molecule has 0 aliphatic carbocycles. The number of aromatic nitrogens is 2. The maximum atomic E-state index is 13.1. The minimum Gasteiger partial charge on any atom is -0.322 e. The summed E-state index contributed by atoms with van der Waals surface area (Å²) in [6, 6.07) is 9.89. The van der Waals surface area contributed by atoms with Gasteiger partial charge in [-0.15, -0.1) is 16.2 Å². The third kappa shape index (κ3) is 3.72. The molecule has 0 radical (unpaired) electrons. The van der Waals surface area contributed by atoms with Crippen molar-refractivity contribution in [2.75, 3.05) is 0 Å². The van der Waals surface area contributed by atoms with Crippen LogP contribution in [0.15, 0.2) is 59.8 Å². The van der Waals surface area contributed by atoms with Crippen LogP contribution in [0.1, 0.15) is 20.9 Å². The molecule has 1 aromatic carbocycles. The summed E-state index contributed by atoms with van der Waals surface area (Å²) >= 11 is 1.18. The maximum absolute atomic E-state index is 13.1. The largest absolute Gasteiger partial charge is 0.322 e. The van der Waals surface area contributed by atoms with E-state index in [1.54, 1.807) is 17.0 Å². The normalized spacial score (nSPS) is 11.7. The van der Waals surface area contributed by atoms with Gasteiger partial charge in [0, 0.05) is 23.5 Å². The fraction of sp³-hybridized carbons (Fsp3) is 0.100. The van der Waals surface area contributed by atoms with E-state index in [0.717, 1.165) is 40.9 Å². The average molecular weight is 445 g/mol. The molecule has 2 N–H and O–H groups in total. The second kappa shape index (κ2) is 7.63. The van der Waals surface area contributed by atoms with Crippen molar-refractivity contribution in [2.24, 2.45) is 0 Å². The fourth-order valence-electron chi connectivity index (χ4n) is 3.15. The minimum atomic E-state index is -4.06. The fourth-order valence-corrected chi connectivity index (χ4v) is 5.18. The summed E-state index contributed by atoms with van der Waals surface area (Å²) in [7, 11) is -4.06. The summed E-state index contributed by atoms with van der Waals surface area (Å²) in [6.07, 6.45) is 3.61. The van der Waals surface area contributed by atoms with Gasteiger partial charge in [0.2, 0.25) is 0 Å². The molecule has 0 unspecified atom stereocenters. The van der Waals surface area contributed by atoms with Crippen molar-refractivity contribution in [1.29, 1.82) is 0 Å². The predicted octanol–water partition coefficient (Wildman–Crippen LogP) is 3.47. The van der Waals surface area contributed by atoms with Crippen molar-refractivity contribution in [3.8, 4) is 5.69 Å². The Morgan fingerprint density at radius 2 is 1.80 bits per heavy atom. The van der Waals surface area contributed by atoms with Crippen molar-refractivity contribution in [2.45, 2.75) is 18.7 Å². The molecule has 0 aliphatic rings. The van der Waals surface area contributed by atoms with Crippen LogP contribution in [0.2, 0.25) is 0 Å². The smallest absolute Gasteiger partial charge is 0.278 e. The molecule has 1 amide bonds. The van der Waals surface area contributed by atoms with Gasteiger partial charge in [-0.2, -0.15) is 0 Å². The highest BCUT2D eigenvalue weighted by Gasteiger charge is 2.23. The number of benzene rings is 1. The number of nitrogens with one attached hydrogen (secondary N) is 2. The van der Waals surface area contributed by atoms with Crippen LogP contribution in [0, 0.1) is 19.7 Å². The first-order valence-corrected chi connectivity index (χ1v) is 11.2. The number of amides is 1. The van der Waals surface area contributed by atoms with Crippen molar-refractivity contribution in [1.82, 2.24) is 19.8 Å². The maximum Gasteiger partial charge on any atom is 0.278 e. The van der Waals surface area contributed by atoms with Crippen LogP contribution in [0.25, 0.3) is 15.9 Å². The van der Waals surface area contributed by atoms with Crippen LogP contribution in [-0.4, -0.2) is 23.9 Å². The Labute approximate surface area is 176 Å². The van der Waals surface area contributed by atoms with Gasteiger partial charge >= 0.3 is 0 Å². The molecule has 3 aromatic heterocycles. The van der Waals surface area contributed by atoms with Crippen molar-refractivity contribution in [3.05, 3.63) is 76.8 Å². The van der Waals surface area contributed by atoms with E-state index in [0.29, 0.717) is 15.4 Å². The number of halogens is 1. The van der Waals surface area contributed by atoms with Crippen molar-refractivity contribution in [3.63, 3.8) is 0 Å². The number of nitrogens with zero attached hydrogens (tertiary/aromatic N) is 2. The molecule has 7 nitrogen and oxygen atoms in total. The van der Waals surface area contributed by atoms with Gasteiger partial charge in [0.05, 0.1) is 10.6 Å². The van der Waals surface area contributed by atoms with Gasteiger partial charge in [0.15, 0.2) is 0 Å². The lowest BCUT2D eigenvalue weighted by atomic mass is 10.1. The van der Waals surface area contributed by atoms with Gasteiger partial charge in [-0.3, -0.25) is 10.2 Å². The lowest BCUT2D eigenvalue weighted by molar-refractivity contribution is 0.0949. The van der Waals surface area contributed by atoms with E-state index in [-0.39, 0.29) is 4.90 Å². The zero-order chi connectivity index (χ0) is 21.5. The Morgan fingerprint density at radius 1 is 1.13 bits per heavy atom. The highest BCUT2D eigenvalue weighted by molar-refractivity contribution is 7.89. The monoisotopic (exact) mass is 444 g/mol. The van der Waals surface area contributed by atoms with E-state index in [2.05, 4.69) is 15.2 Å². The van der Waals surface area contributed by atoms with Crippen LogP contribution in [0.4, 0.5) is 4.39 Å². The number of hydrogen-bond donors (Lipinski definition) is 2.